The van der Waals surface area contributed by atoms with Gasteiger partial charge < -0.3 is 15.8 Å². The summed E-state index contributed by atoms with van der Waals surface area (Å²) in [4.78, 5) is 13.8. The smallest absolute Gasteiger partial charge is 0.236 e. The fraction of sp³-hybridized carbons (Fsp3) is 0.909. The van der Waals surface area contributed by atoms with Crippen molar-refractivity contribution in [2.75, 3.05) is 26.2 Å². The minimum Gasteiger partial charge on any atom is -0.373 e. The fourth-order valence-electron chi connectivity index (χ4n) is 2.38. The molecule has 0 saturated carbocycles. The summed E-state index contributed by atoms with van der Waals surface area (Å²) in [5.41, 5.74) is 5.47. The van der Waals surface area contributed by atoms with E-state index in [1.165, 1.54) is 19.4 Å². The number of amides is 1. The van der Waals surface area contributed by atoms with Crippen molar-refractivity contribution < 1.29 is 9.53 Å². The molecule has 3 N–H and O–H groups in total. The third kappa shape index (κ3) is 2.72. The summed E-state index contributed by atoms with van der Waals surface area (Å²) >= 11 is 0. The van der Waals surface area contributed by atoms with E-state index in [2.05, 4.69) is 10.2 Å². The zero-order valence-electron chi connectivity index (χ0n) is 9.82. The highest BCUT2D eigenvalue weighted by atomic mass is 16.5. The summed E-state index contributed by atoms with van der Waals surface area (Å²) in [5.74, 6) is -0.104. The van der Waals surface area contributed by atoms with Crippen LogP contribution in [0.3, 0.4) is 0 Å². The van der Waals surface area contributed by atoms with Gasteiger partial charge in [-0.3, -0.25) is 9.69 Å². The lowest BCUT2D eigenvalue weighted by atomic mass is 10.2. The number of hydrogen-bond acceptors (Lipinski definition) is 4. The Bertz CT molecular complexity index is 258. The average Bonchev–Trinajstić information content (AvgIpc) is 2.72. The van der Waals surface area contributed by atoms with Gasteiger partial charge in [-0.25, -0.2) is 0 Å². The predicted octanol–water partition coefficient (Wildman–Crippen LogP) is -0.687. The lowest BCUT2D eigenvalue weighted by molar-refractivity contribution is -0.123. The molecule has 3 unspecified atom stereocenters. The highest BCUT2D eigenvalue weighted by Gasteiger charge is 2.32. The molecular weight excluding hydrogens is 206 g/mol. The third-order valence-electron chi connectivity index (χ3n) is 3.38. The van der Waals surface area contributed by atoms with Crippen LogP contribution in [0.15, 0.2) is 0 Å². The van der Waals surface area contributed by atoms with E-state index < -0.39 is 6.04 Å². The monoisotopic (exact) mass is 227 g/mol. The molecule has 0 radical (unpaired) electrons. The largest absolute Gasteiger partial charge is 0.373 e. The second-order valence-electron chi connectivity index (χ2n) is 4.78. The molecule has 2 fully saturated rings. The molecule has 2 aliphatic rings. The van der Waals surface area contributed by atoms with Crippen molar-refractivity contribution >= 4 is 5.91 Å². The summed E-state index contributed by atoms with van der Waals surface area (Å²) in [6.07, 6.45) is 2.64. The van der Waals surface area contributed by atoms with Crippen molar-refractivity contribution in [2.24, 2.45) is 5.73 Å². The number of fused-ring (bicyclic) bond motifs is 1. The Morgan fingerprint density at radius 1 is 1.69 bits per heavy atom. The van der Waals surface area contributed by atoms with Gasteiger partial charge >= 0.3 is 0 Å². The van der Waals surface area contributed by atoms with E-state index in [1.807, 2.05) is 0 Å². The topological polar surface area (TPSA) is 67.6 Å². The van der Waals surface area contributed by atoms with Crippen LogP contribution in [0.4, 0.5) is 0 Å². The molecule has 0 aliphatic carbocycles. The first-order chi connectivity index (χ1) is 7.66. The summed E-state index contributed by atoms with van der Waals surface area (Å²) in [5, 5.41) is 2.82. The lowest BCUT2D eigenvalue weighted by Gasteiger charge is -2.35. The SMILES string of the molecule is CC(N)C(=O)NCC1CN2CCCC2CO1. The van der Waals surface area contributed by atoms with E-state index in [4.69, 9.17) is 10.5 Å². The molecule has 16 heavy (non-hydrogen) atoms. The minimum absolute atomic E-state index is 0.104. The summed E-state index contributed by atoms with van der Waals surface area (Å²) in [6.45, 7) is 5.17. The van der Waals surface area contributed by atoms with E-state index >= 15 is 0 Å². The Kier molecular flexibility index (Phi) is 3.78. The van der Waals surface area contributed by atoms with E-state index in [9.17, 15) is 4.79 Å². The Hall–Kier alpha value is -0.650. The molecule has 2 rings (SSSR count). The predicted molar refractivity (Wildman–Crippen MR) is 61.0 cm³/mol. The number of nitrogens with one attached hydrogen (secondary N) is 1. The maximum absolute atomic E-state index is 11.3. The van der Waals surface area contributed by atoms with Crippen molar-refractivity contribution in [1.29, 1.82) is 0 Å². The molecule has 2 saturated heterocycles. The van der Waals surface area contributed by atoms with Gasteiger partial charge in [0.05, 0.1) is 18.8 Å². The average molecular weight is 227 g/mol. The van der Waals surface area contributed by atoms with Crippen LogP contribution < -0.4 is 11.1 Å². The Labute approximate surface area is 96.3 Å². The Morgan fingerprint density at radius 2 is 2.50 bits per heavy atom. The van der Waals surface area contributed by atoms with Crippen molar-refractivity contribution in [3.8, 4) is 0 Å². The van der Waals surface area contributed by atoms with Gasteiger partial charge in [0, 0.05) is 19.1 Å². The second kappa shape index (κ2) is 5.12. The van der Waals surface area contributed by atoms with Crippen LogP contribution in [0.25, 0.3) is 0 Å². The molecule has 0 aromatic carbocycles. The summed E-state index contributed by atoms with van der Waals surface area (Å²) in [7, 11) is 0. The normalized spacial score (nSPS) is 32.1. The quantitative estimate of drug-likeness (QED) is 0.670. The van der Waals surface area contributed by atoms with Gasteiger partial charge in [0.2, 0.25) is 5.91 Å². The number of nitrogens with two attached hydrogens (primary N) is 1. The highest BCUT2D eigenvalue weighted by Crippen LogP contribution is 2.22. The number of morpholine rings is 1. The van der Waals surface area contributed by atoms with Crippen LogP contribution in [-0.4, -0.2) is 55.2 Å². The number of nitrogens with zero attached hydrogens (tertiary/aromatic N) is 1. The molecule has 5 heteroatoms. The van der Waals surface area contributed by atoms with E-state index in [-0.39, 0.29) is 12.0 Å². The van der Waals surface area contributed by atoms with Crippen LogP contribution >= 0.6 is 0 Å². The van der Waals surface area contributed by atoms with Gasteiger partial charge in [0.15, 0.2) is 0 Å². The number of rotatable bonds is 3. The van der Waals surface area contributed by atoms with Crippen molar-refractivity contribution in [3.05, 3.63) is 0 Å². The molecule has 5 nitrogen and oxygen atoms in total. The van der Waals surface area contributed by atoms with Gasteiger partial charge in [-0.1, -0.05) is 0 Å². The first-order valence-corrected chi connectivity index (χ1v) is 6.06. The molecular formula is C11H21N3O2. The standard InChI is InChI=1S/C11H21N3O2/c1-8(12)11(15)13-5-10-6-14-4-2-3-9(14)7-16-10/h8-10H,2-7,12H2,1H3,(H,13,15). The minimum atomic E-state index is -0.442. The molecule has 2 aliphatic heterocycles. The van der Waals surface area contributed by atoms with Crippen LogP contribution in [0.2, 0.25) is 0 Å². The number of carbonyl (C=O) groups excluding carboxylic acids is 1. The molecule has 0 bridgehead atoms. The first-order valence-electron chi connectivity index (χ1n) is 6.06. The van der Waals surface area contributed by atoms with E-state index in [0.717, 1.165) is 13.2 Å². The van der Waals surface area contributed by atoms with Crippen molar-refractivity contribution in [2.45, 2.75) is 38.0 Å². The second-order valence-corrected chi connectivity index (χ2v) is 4.78. The number of hydrogen-bond donors (Lipinski definition) is 2. The Balaban J connectivity index is 1.73. The van der Waals surface area contributed by atoms with Gasteiger partial charge in [-0.15, -0.1) is 0 Å². The Morgan fingerprint density at radius 3 is 3.25 bits per heavy atom. The van der Waals surface area contributed by atoms with Gasteiger partial charge in [0.25, 0.3) is 0 Å². The van der Waals surface area contributed by atoms with Gasteiger partial charge in [0.1, 0.15) is 0 Å². The van der Waals surface area contributed by atoms with E-state index in [1.54, 1.807) is 6.92 Å². The number of carbonyl (C=O) groups is 1. The molecule has 92 valence electrons. The third-order valence-corrected chi connectivity index (χ3v) is 3.38. The van der Waals surface area contributed by atoms with Gasteiger partial charge in [-0.05, 0) is 26.3 Å². The molecule has 0 aromatic heterocycles. The maximum atomic E-state index is 11.3. The van der Waals surface area contributed by atoms with Crippen molar-refractivity contribution in [1.82, 2.24) is 10.2 Å². The van der Waals surface area contributed by atoms with Crippen LogP contribution in [-0.2, 0) is 9.53 Å². The van der Waals surface area contributed by atoms with Crippen molar-refractivity contribution in [3.63, 3.8) is 0 Å². The molecule has 1 amide bonds. The molecule has 3 atom stereocenters. The zero-order chi connectivity index (χ0) is 11.5. The first kappa shape index (κ1) is 11.8. The van der Waals surface area contributed by atoms with Crippen LogP contribution in [0, 0.1) is 0 Å². The van der Waals surface area contributed by atoms with Crippen LogP contribution in [0.5, 0.6) is 0 Å². The zero-order valence-corrected chi connectivity index (χ0v) is 9.82. The van der Waals surface area contributed by atoms with E-state index in [0.29, 0.717) is 12.6 Å². The molecule has 2 heterocycles. The summed E-state index contributed by atoms with van der Waals surface area (Å²) < 4.78 is 5.72. The molecule has 0 aromatic rings. The summed E-state index contributed by atoms with van der Waals surface area (Å²) in [6, 6.07) is 0.170. The van der Waals surface area contributed by atoms with Gasteiger partial charge in [-0.2, -0.15) is 0 Å². The van der Waals surface area contributed by atoms with Crippen LogP contribution in [0.1, 0.15) is 19.8 Å². The number of ether oxygens (including phenoxy) is 1. The highest BCUT2D eigenvalue weighted by molar-refractivity contribution is 5.80. The fourth-order valence-corrected chi connectivity index (χ4v) is 2.38. The molecule has 0 spiro atoms. The lowest BCUT2D eigenvalue weighted by Crippen LogP contribution is -2.51. The maximum Gasteiger partial charge on any atom is 0.236 e.